The van der Waals surface area contributed by atoms with E-state index in [9.17, 15) is 4.79 Å². The summed E-state index contributed by atoms with van der Waals surface area (Å²) in [5.74, 6) is 2.10. The van der Waals surface area contributed by atoms with Crippen LogP contribution in [0.15, 0.2) is 42.5 Å². The van der Waals surface area contributed by atoms with E-state index < -0.39 is 0 Å². The minimum absolute atomic E-state index is 0.0596. The highest BCUT2D eigenvalue weighted by Gasteiger charge is 2.35. The van der Waals surface area contributed by atoms with Crippen molar-refractivity contribution in [3.63, 3.8) is 0 Å². The topological polar surface area (TPSA) is 41.1 Å². The highest BCUT2D eigenvalue weighted by atomic mass is 16.2. The molecule has 0 saturated heterocycles. The first-order valence-electron chi connectivity index (χ1n) is 7.05. The number of carbonyl (C=O) groups is 1. The molecule has 2 amide bonds. The van der Waals surface area contributed by atoms with Crippen LogP contribution in [0.3, 0.4) is 0 Å². The quantitative estimate of drug-likeness (QED) is 0.799. The molecule has 2 N–H and O–H groups in total. The van der Waals surface area contributed by atoms with Crippen molar-refractivity contribution in [2.45, 2.75) is 19.4 Å². The van der Waals surface area contributed by atoms with Gasteiger partial charge in [0.05, 0.1) is 0 Å². The molecule has 3 nitrogen and oxygen atoms in total. The Bertz CT molecular complexity index is 469. The molecule has 1 fully saturated rings. The lowest BCUT2D eigenvalue weighted by Crippen LogP contribution is -2.38. The van der Waals surface area contributed by atoms with Crippen molar-refractivity contribution in [3.05, 3.63) is 48.0 Å². The third-order valence-electron chi connectivity index (χ3n) is 4.24. The minimum Gasteiger partial charge on any atom is -0.338 e. The number of amides is 2. The fourth-order valence-electron chi connectivity index (χ4n) is 3.19. The number of benzene rings is 1. The molecule has 1 aromatic rings. The molecule has 100 valence electrons. The third-order valence-corrected chi connectivity index (χ3v) is 4.24. The van der Waals surface area contributed by atoms with Gasteiger partial charge < -0.3 is 10.6 Å². The Balaban J connectivity index is 1.39. The Hall–Kier alpha value is -1.77. The van der Waals surface area contributed by atoms with Crippen LogP contribution in [0.1, 0.15) is 18.4 Å². The van der Waals surface area contributed by atoms with E-state index in [-0.39, 0.29) is 6.03 Å². The number of allylic oxidation sites excluding steroid dienone is 2. The van der Waals surface area contributed by atoms with Crippen LogP contribution in [-0.2, 0) is 6.54 Å². The second-order valence-electron chi connectivity index (χ2n) is 5.59. The molecular formula is C16H20N2O. The number of urea groups is 1. The average molecular weight is 256 g/mol. The Morgan fingerprint density at radius 2 is 1.95 bits per heavy atom. The lowest BCUT2D eigenvalue weighted by molar-refractivity contribution is 0.237. The molecule has 0 aromatic heterocycles. The average Bonchev–Trinajstić information content (AvgIpc) is 3.06. The second kappa shape index (κ2) is 5.47. The van der Waals surface area contributed by atoms with Crippen molar-refractivity contribution in [2.24, 2.45) is 17.8 Å². The number of nitrogens with one attached hydrogen (secondary N) is 2. The molecule has 0 spiro atoms. The maximum atomic E-state index is 11.7. The van der Waals surface area contributed by atoms with Gasteiger partial charge in [-0.25, -0.2) is 4.79 Å². The predicted molar refractivity (Wildman–Crippen MR) is 75.5 cm³/mol. The third kappa shape index (κ3) is 2.98. The van der Waals surface area contributed by atoms with Crippen molar-refractivity contribution in [3.8, 4) is 0 Å². The molecule has 1 aromatic carbocycles. The summed E-state index contributed by atoms with van der Waals surface area (Å²) in [6, 6.07) is 9.91. The Kier molecular flexibility index (Phi) is 3.53. The van der Waals surface area contributed by atoms with Crippen molar-refractivity contribution in [2.75, 3.05) is 6.54 Å². The normalized spacial score (nSPS) is 27.5. The van der Waals surface area contributed by atoms with E-state index in [1.807, 2.05) is 30.3 Å². The fourth-order valence-corrected chi connectivity index (χ4v) is 3.19. The van der Waals surface area contributed by atoms with Gasteiger partial charge in [0.1, 0.15) is 0 Å². The van der Waals surface area contributed by atoms with Gasteiger partial charge in [0.25, 0.3) is 0 Å². The molecule has 3 rings (SSSR count). The number of hydrogen-bond donors (Lipinski definition) is 2. The van der Waals surface area contributed by atoms with Crippen LogP contribution >= 0.6 is 0 Å². The van der Waals surface area contributed by atoms with Crippen LogP contribution in [0, 0.1) is 17.8 Å². The zero-order chi connectivity index (χ0) is 13.1. The van der Waals surface area contributed by atoms with Crippen LogP contribution < -0.4 is 10.6 Å². The van der Waals surface area contributed by atoms with Crippen LogP contribution in [0.4, 0.5) is 4.79 Å². The second-order valence-corrected chi connectivity index (χ2v) is 5.59. The lowest BCUT2D eigenvalue weighted by atomic mass is 9.94. The molecule has 0 aliphatic heterocycles. The summed E-state index contributed by atoms with van der Waals surface area (Å²) >= 11 is 0. The maximum absolute atomic E-state index is 11.7. The van der Waals surface area contributed by atoms with Crippen LogP contribution in [0.25, 0.3) is 0 Å². The molecule has 3 heteroatoms. The van der Waals surface area contributed by atoms with E-state index in [4.69, 9.17) is 0 Å². The largest absolute Gasteiger partial charge is 0.338 e. The van der Waals surface area contributed by atoms with E-state index in [0.717, 1.165) is 18.0 Å². The zero-order valence-electron chi connectivity index (χ0n) is 11.0. The molecule has 19 heavy (non-hydrogen) atoms. The van der Waals surface area contributed by atoms with Gasteiger partial charge in [-0.2, -0.15) is 0 Å². The minimum atomic E-state index is -0.0596. The van der Waals surface area contributed by atoms with Crippen molar-refractivity contribution >= 4 is 6.03 Å². The summed E-state index contributed by atoms with van der Waals surface area (Å²) in [6.07, 6.45) is 7.18. The Morgan fingerprint density at radius 3 is 2.63 bits per heavy atom. The first-order valence-corrected chi connectivity index (χ1v) is 7.05. The summed E-state index contributed by atoms with van der Waals surface area (Å²) in [6.45, 7) is 1.38. The highest BCUT2D eigenvalue weighted by molar-refractivity contribution is 5.73. The molecule has 0 heterocycles. The van der Waals surface area contributed by atoms with Gasteiger partial charge in [0, 0.05) is 13.1 Å². The summed E-state index contributed by atoms with van der Waals surface area (Å²) < 4.78 is 0. The predicted octanol–water partition coefficient (Wildman–Crippen LogP) is 2.70. The monoisotopic (exact) mass is 256 g/mol. The zero-order valence-corrected chi connectivity index (χ0v) is 11.0. The van der Waals surface area contributed by atoms with Gasteiger partial charge in [0.2, 0.25) is 0 Å². The molecular weight excluding hydrogens is 236 g/mol. The first kappa shape index (κ1) is 12.3. The van der Waals surface area contributed by atoms with E-state index in [2.05, 4.69) is 22.8 Å². The molecule has 2 aliphatic carbocycles. The van der Waals surface area contributed by atoms with Crippen LogP contribution in [0.5, 0.6) is 0 Å². The smallest absolute Gasteiger partial charge is 0.315 e. The van der Waals surface area contributed by atoms with E-state index >= 15 is 0 Å². The van der Waals surface area contributed by atoms with Crippen molar-refractivity contribution < 1.29 is 4.79 Å². The molecule has 3 atom stereocenters. The highest BCUT2D eigenvalue weighted by Crippen LogP contribution is 2.42. The maximum Gasteiger partial charge on any atom is 0.315 e. The van der Waals surface area contributed by atoms with E-state index in [1.165, 1.54) is 12.8 Å². The van der Waals surface area contributed by atoms with E-state index in [0.29, 0.717) is 18.4 Å². The van der Waals surface area contributed by atoms with E-state index in [1.54, 1.807) is 0 Å². The van der Waals surface area contributed by atoms with Gasteiger partial charge in [-0.3, -0.25) is 0 Å². The van der Waals surface area contributed by atoms with Gasteiger partial charge in [0.15, 0.2) is 0 Å². The molecule has 2 aliphatic rings. The van der Waals surface area contributed by atoms with Crippen LogP contribution in [0.2, 0.25) is 0 Å². The van der Waals surface area contributed by atoms with Crippen molar-refractivity contribution in [1.29, 1.82) is 0 Å². The molecule has 0 radical (unpaired) electrons. The summed E-state index contributed by atoms with van der Waals surface area (Å²) in [4.78, 5) is 11.7. The summed E-state index contributed by atoms with van der Waals surface area (Å²) in [5, 5.41) is 5.89. The van der Waals surface area contributed by atoms with Crippen LogP contribution in [-0.4, -0.2) is 12.6 Å². The number of rotatable bonds is 4. The summed E-state index contributed by atoms with van der Waals surface area (Å²) in [5.41, 5.74) is 1.13. The number of hydrogen-bond acceptors (Lipinski definition) is 1. The number of fused-ring (bicyclic) bond motifs is 2. The first-order chi connectivity index (χ1) is 9.31. The molecule has 2 bridgehead atoms. The van der Waals surface area contributed by atoms with Crippen molar-refractivity contribution in [1.82, 2.24) is 10.6 Å². The fraction of sp³-hybridized carbons (Fsp3) is 0.438. The molecule has 0 unspecified atom stereocenters. The Morgan fingerprint density at radius 1 is 1.11 bits per heavy atom. The van der Waals surface area contributed by atoms with Gasteiger partial charge in [-0.05, 0) is 36.2 Å². The Labute approximate surface area is 114 Å². The van der Waals surface area contributed by atoms with Gasteiger partial charge >= 0.3 is 6.03 Å². The van der Waals surface area contributed by atoms with Gasteiger partial charge in [-0.1, -0.05) is 42.5 Å². The SMILES string of the molecule is O=C(NCc1ccccc1)NC[C@@H]1C[C@H]2C=C[C@H]1C2. The standard InChI is InChI=1S/C16H20N2O/c19-16(17-10-12-4-2-1-3-5-12)18-11-15-9-13-6-7-14(15)8-13/h1-7,13-15H,8-11H2,(H2,17,18,19)/t13-,14-,15-/m0/s1. The molecule has 1 saturated carbocycles. The summed E-state index contributed by atoms with van der Waals surface area (Å²) in [7, 11) is 0. The van der Waals surface area contributed by atoms with Gasteiger partial charge in [-0.15, -0.1) is 0 Å². The number of carbonyl (C=O) groups excluding carboxylic acids is 1. The lowest BCUT2D eigenvalue weighted by Gasteiger charge is -2.18.